The van der Waals surface area contributed by atoms with Crippen LogP contribution in [0, 0.1) is 11.8 Å². The highest BCUT2D eigenvalue weighted by Gasteiger charge is 2.26. The lowest BCUT2D eigenvalue weighted by molar-refractivity contribution is -0.108. The highest BCUT2D eigenvalue weighted by atomic mass is 16.5. The molecule has 1 aliphatic rings. The van der Waals surface area contributed by atoms with E-state index in [1.807, 2.05) is 13.8 Å². The van der Waals surface area contributed by atoms with Crippen LogP contribution in [0.5, 0.6) is 0 Å². The average molecular weight is 255 g/mol. The molecule has 0 aromatic rings. The molecule has 1 fully saturated rings. The minimum absolute atomic E-state index is 0.171. The molecule has 1 saturated carbocycles. The number of carbonyl (C=O) groups is 2. The van der Waals surface area contributed by atoms with E-state index < -0.39 is 0 Å². The van der Waals surface area contributed by atoms with Gasteiger partial charge in [0.1, 0.15) is 6.29 Å². The van der Waals surface area contributed by atoms with Crippen LogP contribution in [0.25, 0.3) is 0 Å². The third-order valence-corrected chi connectivity index (χ3v) is 3.88. The Labute approximate surface area is 110 Å². The predicted octanol–water partition coefficient (Wildman–Crippen LogP) is 2.86. The van der Waals surface area contributed by atoms with Gasteiger partial charge in [-0.3, -0.25) is 0 Å². The van der Waals surface area contributed by atoms with E-state index in [1.54, 1.807) is 4.90 Å². The number of nitrogens with zero attached hydrogens (tertiary/aromatic N) is 1. The van der Waals surface area contributed by atoms with E-state index in [9.17, 15) is 9.59 Å². The van der Waals surface area contributed by atoms with Gasteiger partial charge in [-0.05, 0) is 51.4 Å². The van der Waals surface area contributed by atoms with Gasteiger partial charge in [-0.2, -0.15) is 0 Å². The summed E-state index contributed by atoms with van der Waals surface area (Å²) < 4.78 is 4.82. The van der Waals surface area contributed by atoms with E-state index in [1.165, 1.54) is 7.11 Å². The summed E-state index contributed by atoms with van der Waals surface area (Å²) in [5, 5.41) is 0. The molecule has 0 aromatic heterocycles. The molecule has 4 nitrogen and oxygen atoms in total. The summed E-state index contributed by atoms with van der Waals surface area (Å²) in [6.07, 6.45) is 5.92. The number of carbonyl (C=O) groups excluding carboxylic acids is 2. The van der Waals surface area contributed by atoms with Crippen molar-refractivity contribution < 1.29 is 14.3 Å². The largest absolute Gasteiger partial charge is 0.453 e. The van der Waals surface area contributed by atoms with Gasteiger partial charge in [-0.15, -0.1) is 0 Å². The molecule has 0 aromatic carbocycles. The van der Waals surface area contributed by atoms with Crippen LogP contribution < -0.4 is 0 Å². The van der Waals surface area contributed by atoms with Crippen molar-refractivity contribution in [1.29, 1.82) is 0 Å². The highest BCUT2D eigenvalue weighted by molar-refractivity contribution is 5.67. The Kier molecular flexibility index (Phi) is 6.16. The molecule has 0 N–H and O–H groups in total. The molecule has 0 unspecified atom stereocenters. The van der Waals surface area contributed by atoms with E-state index in [-0.39, 0.29) is 12.1 Å². The van der Waals surface area contributed by atoms with Crippen LogP contribution in [-0.4, -0.2) is 37.0 Å². The number of ether oxygens (including phenoxy) is 1. The van der Waals surface area contributed by atoms with Crippen molar-refractivity contribution in [2.45, 2.75) is 52.0 Å². The topological polar surface area (TPSA) is 46.6 Å². The number of rotatable bonds is 5. The first-order valence-electron chi connectivity index (χ1n) is 6.86. The number of hydrogen-bond donors (Lipinski definition) is 0. The van der Waals surface area contributed by atoms with Crippen molar-refractivity contribution in [3.8, 4) is 0 Å². The maximum absolute atomic E-state index is 11.7. The fraction of sp³-hybridized carbons (Fsp3) is 0.857. The summed E-state index contributed by atoms with van der Waals surface area (Å²) in [6, 6.07) is 0.171. The van der Waals surface area contributed by atoms with Gasteiger partial charge in [-0.25, -0.2) is 4.79 Å². The molecule has 4 heteroatoms. The lowest BCUT2D eigenvalue weighted by Gasteiger charge is -2.33. The Hall–Kier alpha value is -1.06. The summed E-state index contributed by atoms with van der Waals surface area (Å²) in [6.45, 7) is 4.79. The molecular formula is C14H25NO3. The van der Waals surface area contributed by atoms with Crippen LogP contribution >= 0.6 is 0 Å². The Morgan fingerprint density at radius 1 is 1.28 bits per heavy atom. The Morgan fingerprint density at radius 2 is 1.83 bits per heavy atom. The molecule has 0 bridgehead atoms. The monoisotopic (exact) mass is 255 g/mol. The summed E-state index contributed by atoms with van der Waals surface area (Å²) in [5.74, 6) is 1.11. The molecule has 1 aliphatic carbocycles. The minimum atomic E-state index is -0.236. The van der Waals surface area contributed by atoms with Crippen molar-refractivity contribution >= 4 is 12.4 Å². The number of hydrogen-bond acceptors (Lipinski definition) is 3. The normalized spacial score (nSPS) is 23.8. The van der Waals surface area contributed by atoms with Crippen LogP contribution in [0.4, 0.5) is 4.79 Å². The van der Waals surface area contributed by atoms with E-state index in [4.69, 9.17) is 4.74 Å². The number of amides is 1. The molecule has 0 heterocycles. The summed E-state index contributed by atoms with van der Waals surface area (Å²) >= 11 is 0. The van der Waals surface area contributed by atoms with Crippen molar-refractivity contribution in [2.24, 2.45) is 11.8 Å². The van der Waals surface area contributed by atoms with Gasteiger partial charge in [0.25, 0.3) is 0 Å². The molecule has 0 saturated heterocycles. The van der Waals surface area contributed by atoms with Crippen molar-refractivity contribution in [3.05, 3.63) is 0 Å². The van der Waals surface area contributed by atoms with Crippen LogP contribution in [0.3, 0.4) is 0 Å². The maximum atomic E-state index is 11.7. The minimum Gasteiger partial charge on any atom is -0.453 e. The van der Waals surface area contributed by atoms with Gasteiger partial charge in [0.15, 0.2) is 0 Å². The zero-order valence-electron chi connectivity index (χ0n) is 11.7. The van der Waals surface area contributed by atoms with Gasteiger partial charge in [-0.1, -0.05) is 0 Å². The lowest BCUT2D eigenvalue weighted by atomic mass is 9.80. The van der Waals surface area contributed by atoms with Gasteiger partial charge in [0.05, 0.1) is 7.11 Å². The zero-order valence-corrected chi connectivity index (χ0v) is 11.7. The highest BCUT2D eigenvalue weighted by Crippen LogP contribution is 2.31. The first-order chi connectivity index (χ1) is 8.58. The SMILES string of the molecule is COC(=O)N(CC1CCC(CC=O)CC1)C(C)C. The standard InChI is InChI=1S/C14H25NO3/c1-11(2)15(14(17)18-3)10-13-6-4-12(5-7-13)8-9-16/h9,11-13H,4-8,10H2,1-3H3. The van der Waals surface area contributed by atoms with Crippen molar-refractivity contribution in [2.75, 3.05) is 13.7 Å². The first-order valence-corrected chi connectivity index (χ1v) is 6.86. The summed E-state index contributed by atoms with van der Waals surface area (Å²) in [4.78, 5) is 23.9. The summed E-state index contributed by atoms with van der Waals surface area (Å²) in [7, 11) is 1.43. The number of aldehydes is 1. The van der Waals surface area contributed by atoms with Crippen LogP contribution in [0.15, 0.2) is 0 Å². The molecule has 1 amide bonds. The number of methoxy groups -OCH3 is 1. The van der Waals surface area contributed by atoms with Gasteiger partial charge in [0.2, 0.25) is 0 Å². The van der Waals surface area contributed by atoms with Crippen molar-refractivity contribution in [3.63, 3.8) is 0 Å². The molecule has 0 aliphatic heterocycles. The second kappa shape index (κ2) is 7.39. The lowest BCUT2D eigenvalue weighted by Crippen LogP contribution is -2.41. The third-order valence-electron chi connectivity index (χ3n) is 3.88. The Balaban J connectivity index is 2.42. The molecule has 0 radical (unpaired) electrons. The fourth-order valence-corrected chi connectivity index (χ4v) is 2.68. The quantitative estimate of drug-likeness (QED) is 0.710. The predicted molar refractivity (Wildman–Crippen MR) is 70.4 cm³/mol. The Morgan fingerprint density at radius 3 is 2.28 bits per heavy atom. The summed E-state index contributed by atoms with van der Waals surface area (Å²) in [5.41, 5.74) is 0. The smallest absolute Gasteiger partial charge is 0.409 e. The van der Waals surface area contributed by atoms with E-state index in [2.05, 4.69) is 0 Å². The molecular weight excluding hydrogens is 230 g/mol. The van der Waals surface area contributed by atoms with Gasteiger partial charge >= 0.3 is 6.09 Å². The van der Waals surface area contributed by atoms with Crippen LogP contribution in [0.2, 0.25) is 0 Å². The second-order valence-electron chi connectivity index (χ2n) is 5.51. The molecule has 0 atom stereocenters. The van der Waals surface area contributed by atoms with Crippen molar-refractivity contribution in [1.82, 2.24) is 4.90 Å². The molecule has 104 valence electrons. The average Bonchev–Trinajstić information content (AvgIpc) is 2.37. The maximum Gasteiger partial charge on any atom is 0.409 e. The first kappa shape index (κ1) is 15.0. The molecule has 0 spiro atoms. The van der Waals surface area contributed by atoms with E-state index in [0.717, 1.165) is 38.5 Å². The third kappa shape index (κ3) is 4.31. The van der Waals surface area contributed by atoms with Gasteiger partial charge < -0.3 is 14.4 Å². The van der Waals surface area contributed by atoms with Crippen LogP contribution in [-0.2, 0) is 9.53 Å². The van der Waals surface area contributed by atoms with E-state index in [0.29, 0.717) is 18.3 Å². The Bertz CT molecular complexity index is 270. The fourth-order valence-electron chi connectivity index (χ4n) is 2.68. The molecule has 1 rings (SSSR count). The second-order valence-corrected chi connectivity index (χ2v) is 5.51. The van der Waals surface area contributed by atoms with E-state index >= 15 is 0 Å². The zero-order chi connectivity index (χ0) is 13.5. The van der Waals surface area contributed by atoms with Gasteiger partial charge in [0, 0.05) is 19.0 Å². The molecule has 18 heavy (non-hydrogen) atoms. The van der Waals surface area contributed by atoms with Crippen LogP contribution in [0.1, 0.15) is 46.0 Å².